The maximum absolute atomic E-state index is 12.1. The molecule has 2 N–H and O–H groups in total. The first-order valence-electron chi connectivity index (χ1n) is 5.31. The first kappa shape index (κ1) is 14.3. The van der Waals surface area contributed by atoms with E-state index in [4.69, 9.17) is 10.2 Å². The molecule has 108 valence electrons. The van der Waals surface area contributed by atoms with Crippen molar-refractivity contribution in [3.05, 3.63) is 23.8 Å². The van der Waals surface area contributed by atoms with Crippen LogP contribution in [0.1, 0.15) is 10.4 Å². The van der Waals surface area contributed by atoms with Gasteiger partial charge in [0.1, 0.15) is 5.75 Å². The number of alkyl halides is 3. The van der Waals surface area contributed by atoms with Gasteiger partial charge in [-0.15, -0.1) is 13.2 Å². The zero-order chi connectivity index (χ0) is 15.1. The minimum Gasteiger partial charge on any atom is -0.406 e. The topological polar surface area (TPSA) is 87.1 Å². The van der Waals surface area contributed by atoms with E-state index >= 15 is 0 Å². The van der Waals surface area contributed by atoms with Gasteiger partial charge in [0.2, 0.25) is 0 Å². The van der Waals surface area contributed by atoms with Crippen molar-refractivity contribution in [3.63, 3.8) is 0 Å². The summed E-state index contributed by atoms with van der Waals surface area (Å²) >= 11 is 0. The molecule has 1 aliphatic heterocycles. The second-order valence-electron chi connectivity index (χ2n) is 3.95. The first-order valence-corrected chi connectivity index (χ1v) is 5.31. The van der Waals surface area contributed by atoms with Crippen molar-refractivity contribution in [1.82, 2.24) is 0 Å². The number of fused-ring (bicyclic) bond motifs is 1. The third kappa shape index (κ3) is 2.73. The summed E-state index contributed by atoms with van der Waals surface area (Å²) in [6.45, 7) is -0.558. The number of nitrogens with zero attached hydrogens (tertiary/aromatic N) is 1. The van der Waals surface area contributed by atoms with Crippen LogP contribution in [0.25, 0.3) is 0 Å². The number of hydrogen-bond donors (Lipinski definition) is 2. The summed E-state index contributed by atoms with van der Waals surface area (Å²) in [4.78, 5) is 24.0. The average Bonchev–Trinajstić information content (AvgIpc) is 2.52. The number of ketones is 1. The van der Waals surface area contributed by atoms with Crippen LogP contribution in [0.3, 0.4) is 0 Å². The molecule has 6 nitrogen and oxygen atoms in total. The standard InChI is InChI=1S/C11H8F3NO5/c12-11(13,14)20-5-1-2-7-6(3-5)9(18)10(19)15(7)4-8(16)17/h1-3,8,16-17H,4H2. The van der Waals surface area contributed by atoms with Crippen LogP contribution >= 0.6 is 0 Å². The highest BCUT2D eigenvalue weighted by Gasteiger charge is 2.38. The monoisotopic (exact) mass is 291 g/mol. The van der Waals surface area contributed by atoms with Gasteiger partial charge >= 0.3 is 6.36 Å². The lowest BCUT2D eigenvalue weighted by atomic mass is 10.1. The van der Waals surface area contributed by atoms with E-state index in [1.165, 1.54) is 0 Å². The van der Waals surface area contributed by atoms with E-state index in [0.717, 1.165) is 23.1 Å². The molecule has 20 heavy (non-hydrogen) atoms. The van der Waals surface area contributed by atoms with Gasteiger partial charge in [-0.25, -0.2) is 0 Å². The molecular formula is C11H8F3NO5. The Hall–Kier alpha value is -2.13. The smallest absolute Gasteiger partial charge is 0.406 e. The van der Waals surface area contributed by atoms with Crippen LogP contribution in [0.15, 0.2) is 18.2 Å². The number of ether oxygens (including phenoxy) is 1. The Morgan fingerprint density at radius 2 is 1.90 bits per heavy atom. The Balaban J connectivity index is 2.36. The Bertz CT molecular complexity index is 570. The van der Waals surface area contributed by atoms with Crippen LogP contribution in [0.2, 0.25) is 0 Å². The van der Waals surface area contributed by atoms with Crippen molar-refractivity contribution in [2.24, 2.45) is 0 Å². The first-order chi connectivity index (χ1) is 9.19. The van der Waals surface area contributed by atoms with Crippen LogP contribution in [-0.4, -0.2) is 41.1 Å². The fourth-order valence-electron chi connectivity index (χ4n) is 1.82. The Labute approximate surface area is 110 Å². The highest BCUT2D eigenvalue weighted by Crippen LogP contribution is 2.33. The minimum atomic E-state index is -4.92. The number of carbonyl (C=O) groups is 2. The number of Topliss-reactive ketones (excluding diaryl/α,β-unsaturated/α-hetero) is 1. The van der Waals surface area contributed by atoms with E-state index in [1.54, 1.807) is 0 Å². The molecule has 1 aliphatic rings. The molecule has 0 saturated carbocycles. The quantitative estimate of drug-likeness (QED) is 0.623. The van der Waals surface area contributed by atoms with E-state index in [-0.39, 0.29) is 11.3 Å². The van der Waals surface area contributed by atoms with Gasteiger partial charge in [-0.2, -0.15) is 0 Å². The molecule has 1 heterocycles. The fourth-order valence-corrected chi connectivity index (χ4v) is 1.82. The molecule has 1 aromatic carbocycles. The van der Waals surface area contributed by atoms with Gasteiger partial charge in [0, 0.05) is 0 Å². The Morgan fingerprint density at radius 1 is 1.25 bits per heavy atom. The zero-order valence-electron chi connectivity index (χ0n) is 9.72. The zero-order valence-corrected chi connectivity index (χ0v) is 9.72. The number of anilines is 1. The summed E-state index contributed by atoms with van der Waals surface area (Å²) in [5.41, 5.74) is -0.278. The molecule has 0 fully saturated rings. The van der Waals surface area contributed by atoms with Crippen molar-refractivity contribution in [2.75, 3.05) is 11.4 Å². The second-order valence-corrected chi connectivity index (χ2v) is 3.95. The van der Waals surface area contributed by atoms with Gasteiger partial charge in [0.25, 0.3) is 11.7 Å². The molecule has 0 radical (unpaired) electrons. The summed E-state index contributed by atoms with van der Waals surface area (Å²) in [5, 5.41) is 17.7. The summed E-state index contributed by atoms with van der Waals surface area (Å²) < 4.78 is 39.8. The van der Waals surface area contributed by atoms with Gasteiger partial charge in [0.15, 0.2) is 6.29 Å². The lowest BCUT2D eigenvalue weighted by molar-refractivity contribution is -0.274. The number of hydrogen-bond acceptors (Lipinski definition) is 5. The highest BCUT2D eigenvalue weighted by atomic mass is 19.4. The minimum absolute atomic E-state index is 0.00243. The molecule has 0 bridgehead atoms. The Morgan fingerprint density at radius 3 is 2.45 bits per heavy atom. The lowest BCUT2D eigenvalue weighted by Gasteiger charge is -2.17. The van der Waals surface area contributed by atoms with Crippen molar-refractivity contribution in [1.29, 1.82) is 0 Å². The molecule has 9 heteroatoms. The predicted molar refractivity (Wildman–Crippen MR) is 58.0 cm³/mol. The van der Waals surface area contributed by atoms with Crippen LogP contribution < -0.4 is 9.64 Å². The second kappa shape index (κ2) is 4.76. The highest BCUT2D eigenvalue weighted by molar-refractivity contribution is 6.52. The molecule has 1 amide bonds. The lowest BCUT2D eigenvalue weighted by Crippen LogP contribution is -2.36. The molecule has 0 aliphatic carbocycles. The maximum atomic E-state index is 12.1. The van der Waals surface area contributed by atoms with E-state index < -0.39 is 36.6 Å². The van der Waals surface area contributed by atoms with Crippen molar-refractivity contribution in [3.8, 4) is 5.75 Å². The number of rotatable bonds is 3. The van der Waals surface area contributed by atoms with Crippen LogP contribution in [0, 0.1) is 0 Å². The number of aliphatic hydroxyl groups is 2. The van der Waals surface area contributed by atoms with Gasteiger partial charge in [-0.1, -0.05) is 0 Å². The van der Waals surface area contributed by atoms with E-state index in [9.17, 15) is 22.8 Å². The summed E-state index contributed by atoms with van der Waals surface area (Å²) in [6.07, 6.45) is -6.79. The molecule has 0 atom stereocenters. The van der Waals surface area contributed by atoms with Gasteiger partial charge in [0.05, 0.1) is 17.8 Å². The molecule has 1 aromatic rings. The third-order valence-corrected chi connectivity index (χ3v) is 2.52. The predicted octanol–water partition coefficient (Wildman–Crippen LogP) is 0.425. The normalized spacial score (nSPS) is 15.0. The van der Waals surface area contributed by atoms with Crippen molar-refractivity contribution < 1.29 is 37.7 Å². The average molecular weight is 291 g/mol. The molecule has 0 aromatic heterocycles. The van der Waals surface area contributed by atoms with Crippen LogP contribution in [0.5, 0.6) is 5.75 Å². The van der Waals surface area contributed by atoms with Gasteiger partial charge < -0.3 is 14.9 Å². The third-order valence-electron chi connectivity index (χ3n) is 2.52. The summed E-state index contributed by atoms with van der Waals surface area (Å²) in [6, 6.07) is 2.78. The number of aliphatic hydroxyl groups excluding tert-OH is 1. The van der Waals surface area contributed by atoms with Crippen molar-refractivity contribution >= 4 is 17.4 Å². The van der Waals surface area contributed by atoms with Crippen LogP contribution in [0.4, 0.5) is 18.9 Å². The van der Waals surface area contributed by atoms with Gasteiger partial charge in [-0.05, 0) is 18.2 Å². The SMILES string of the molecule is O=C1C(=O)N(CC(O)O)c2ccc(OC(F)(F)F)cc21. The number of β-amino-alcohol motifs (C(OH)–C–C–N with tert-alkyl or cyclic N) is 2. The summed E-state index contributed by atoms with van der Waals surface area (Å²) in [5.74, 6) is -2.71. The van der Waals surface area contributed by atoms with Crippen molar-refractivity contribution in [2.45, 2.75) is 12.7 Å². The number of carbonyl (C=O) groups excluding carboxylic acids is 2. The molecular weight excluding hydrogens is 283 g/mol. The largest absolute Gasteiger partial charge is 0.573 e. The number of halogens is 3. The van der Waals surface area contributed by atoms with E-state index in [0.29, 0.717) is 0 Å². The molecule has 2 rings (SSSR count). The number of benzene rings is 1. The van der Waals surface area contributed by atoms with E-state index in [1.807, 2.05) is 0 Å². The molecule has 0 saturated heterocycles. The van der Waals surface area contributed by atoms with E-state index in [2.05, 4.69) is 4.74 Å². The molecule has 0 unspecified atom stereocenters. The summed E-state index contributed by atoms with van der Waals surface area (Å²) in [7, 11) is 0. The maximum Gasteiger partial charge on any atom is 0.573 e. The number of amides is 1. The van der Waals surface area contributed by atoms with Crippen LogP contribution in [-0.2, 0) is 4.79 Å². The Kier molecular flexibility index (Phi) is 3.40. The fraction of sp³-hybridized carbons (Fsp3) is 0.273. The van der Waals surface area contributed by atoms with Gasteiger partial charge in [-0.3, -0.25) is 14.5 Å². The molecule has 0 spiro atoms.